The summed E-state index contributed by atoms with van der Waals surface area (Å²) in [6.07, 6.45) is 5.70. The van der Waals surface area contributed by atoms with Gasteiger partial charge in [-0.05, 0) is 42.5 Å². The third-order valence-corrected chi connectivity index (χ3v) is 6.52. The van der Waals surface area contributed by atoms with Crippen molar-refractivity contribution >= 4 is 39.0 Å². The molecule has 5 rings (SSSR count). The maximum Gasteiger partial charge on any atom is 0.261 e. The van der Waals surface area contributed by atoms with Crippen LogP contribution in [0.4, 0.5) is 11.4 Å². The number of imide groups is 1. The quantitative estimate of drug-likeness (QED) is 0.471. The van der Waals surface area contributed by atoms with Crippen LogP contribution in [0.1, 0.15) is 12.8 Å². The second-order valence-corrected chi connectivity index (χ2v) is 8.94. The SMILES string of the molecule is O=C1CCC(=O)N1c1ccc(S(=O)(=O)Nc2ccc(-c3cn4cccnc4n3)cc2)cc1. The first-order valence-electron chi connectivity index (χ1n) is 9.79. The monoisotopic (exact) mass is 447 g/mol. The Balaban J connectivity index is 1.34. The molecule has 0 aliphatic carbocycles. The van der Waals surface area contributed by atoms with E-state index in [4.69, 9.17) is 0 Å². The Morgan fingerprint density at radius 1 is 0.906 bits per heavy atom. The van der Waals surface area contributed by atoms with Crippen LogP contribution in [0.3, 0.4) is 0 Å². The van der Waals surface area contributed by atoms with E-state index in [1.807, 2.05) is 18.5 Å². The van der Waals surface area contributed by atoms with Crippen molar-refractivity contribution in [2.75, 3.05) is 9.62 Å². The maximum atomic E-state index is 12.8. The van der Waals surface area contributed by atoms with E-state index in [2.05, 4.69) is 14.7 Å². The number of nitrogens with zero attached hydrogens (tertiary/aromatic N) is 4. The van der Waals surface area contributed by atoms with Crippen molar-refractivity contribution in [3.05, 3.63) is 73.2 Å². The molecule has 0 radical (unpaired) electrons. The molecule has 1 fully saturated rings. The number of carbonyl (C=O) groups excluding carboxylic acids is 2. The van der Waals surface area contributed by atoms with Crippen LogP contribution >= 0.6 is 0 Å². The number of benzene rings is 2. The van der Waals surface area contributed by atoms with Crippen LogP contribution in [-0.4, -0.2) is 34.6 Å². The summed E-state index contributed by atoms with van der Waals surface area (Å²) >= 11 is 0. The van der Waals surface area contributed by atoms with Crippen molar-refractivity contribution in [2.45, 2.75) is 17.7 Å². The average Bonchev–Trinajstić information content (AvgIpc) is 3.37. The Bertz CT molecular complexity index is 1390. The van der Waals surface area contributed by atoms with Crippen molar-refractivity contribution in [1.29, 1.82) is 0 Å². The summed E-state index contributed by atoms with van der Waals surface area (Å²) in [6, 6.07) is 14.3. The Labute approximate surface area is 183 Å². The van der Waals surface area contributed by atoms with Crippen LogP contribution in [0, 0.1) is 0 Å². The molecule has 1 saturated heterocycles. The molecule has 1 aliphatic heterocycles. The molecule has 0 spiro atoms. The molecule has 160 valence electrons. The smallest absolute Gasteiger partial charge is 0.261 e. The molecule has 10 heteroatoms. The number of sulfonamides is 1. The summed E-state index contributed by atoms with van der Waals surface area (Å²) in [7, 11) is -3.85. The van der Waals surface area contributed by atoms with Gasteiger partial charge in [-0.2, -0.15) is 0 Å². The van der Waals surface area contributed by atoms with Gasteiger partial charge in [0.15, 0.2) is 0 Å². The zero-order valence-electron chi connectivity index (χ0n) is 16.7. The summed E-state index contributed by atoms with van der Waals surface area (Å²) in [5.41, 5.74) is 2.30. The van der Waals surface area contributed by atoms with Gasteiger partial charge in [0.05, 0.1) is 16.3 Å². The van der Waals surface area contributed by atoms with E-state index >= 15 is 0 Å². The van der Waals surface area contributed by atoms with Gasteiger partial charge in [0.25, 0.3) is 10.0 Å². The molecule has 0 unspecified atom stereocenters. The Morgan fingerprint density at radius 2 is 1.59 bits per heavy atom. The average molecular weight is 447 g/mol. The summed E-state index contributed by atoms with van der Waals surface area (Å²) in [5.74, 6) is 0.00322. The minimum atomic E-state index is -3.85. The molecule has 32 heavy (non-hydrogen) atoms. The third kappa shape index (κ3) is 3.60. The molecule has 2 amide bonds. The molecule has 2 aromatic heterocycles. The lowest BCUT2D eigenvalue weighted by Gasteiger charge is -2.14. The van der Waals surface area contributed by atoms with Crippen molar-refractivity contribution in [2.24, 2.45) is 0 Å². The summed E-state index contributed by atoms with van der Waals surface area (Å²) in [5, 5.41) is 0. The molecular formula is C22H17N5O4S. The zero-order chi connectivity index (χ0) is 22.3. The molecule has 0 atom stereocenters. The Morgan fingerprint density at radius 3 is 2.25 bits per heavy atom. The highest BCUT2D eigenvalue weighted by Gasteiger charge is 2.30. The first-order valence-corrected chi connectivity index (χ1v) is 11.3. The van der Waals surface area contributed by atoms with Gasteiger partial charge in [-0.1, -0.05) is 12.1 Å². The summed E-state index contributed by atoms with van der Waals surface area (Å²) < 4.78 is 29.8. The third-order valence-electron chi connectivity index (χ3n) is 5.13. The van der Waals surface area contributed by atoms with E-state index in [0.717, 1.165) is 16.2 Å². The highest BCUT2D eigenvalue weighted by molar-refractivity contribution is 7.92. The molecule has 0 saturated carbocycles. The van der Waals surface area contributed by atoms with E-state index in [1.54, 1.807) is 34.9 Å². The van der Waals surface area contributed by atoms with Crippen LogP contribution in [0.2, 0.25) is 0 Å². The van der Waals surface area contributed by atoms with Crippen molar-refractivity contribution in [1.82, 2.24) is 14.4 Å². The fourth-order valence-corrected chi connectivity index (χ4v) is 4.59. The van der Waals surface area contributed by atoms with Gasteiger partial charge in [0.1, 0.15) is 0 Å². The first kappa shape index (κ1) is 19.9. The molecule has 0 bridgehead atoms. The van der Waals surface area contributed by atoms with Gasteiger partial charge in [-0.15, -0.1) is 0 Å². The molecular weight excluding hydrogens is 430 g/mol. The lowest BCUT2D eigenvalue weighted by atomic mass is 10.1. The lowest BCUT2D eigenvalue weighted by molar-refractivity contribution is -0.121. The number of nitrogens with one attached hydrogen (secondary N) is 1. The second kappa shape index (κ2) is 7.57. The Kier molecular flexibility index (Phi) is 4.71. The number of amides is 2. The van der Waals surface area contributed by atoms with Crippen LogP contribution in [0.5, 0.6) is 0 Å². The molecule has 9 nitrogen and oxygen atoms in total. The maximum absolute atomic E-state index is 12.8. The number of hydrogen-bond donors (Lipinski definition) is 1. The minimum absolute atomic E-state index is 0.0239. The first-order chi connectivity index (χ1) is 15.4. The fraction of sp³-hybridized carbons (Fsp3) is 0.0909. The van der Waals surface area contributed by atoms with E-state index in [1.165, 1.54) is 24.3 Å². The second-order valence-electron chi connectivity index (χ2n) is 7.25. The lowest BCUT2D eigenvalue weighted by Crippen LogP contribution is -2.28. The fourth-order valence-electron chi connectivity index (χ4n) is 3.53. The van der Waals surface area contributed by atoms with Gasteiger partial charge in [-0.3, -0.25) is 23.6 Å². The van der Waals surface area contributed by atoms with Gasteiger partial charge in [-0.25, -0.2) is 18.4 Å². The van der Waals surface area contributed by atoms with E-state index < -0.39 is 10.0 Å². The van der Waals surface area contributed by atoms with Crippen LogP contribution in [-0.2, 0) is 19.6 Å². The summed E-state index contributed by atoms with van der Waals surface area (Å²) in [6.45, 7) is 0. The number of rotatable bonds is 5. The number of hydrogen-bond acceptors (Lipinski definition) is 6. The molecule has 2 aromatic carbocycles. The largest absolute Gasteiger partial charge is 0.291 e. The van der Waals surface area contributed by atoms with E-state index in [9.17, 15) is 18.0 Å². The summed E-state index contributed by atoms with van der Waals surface area (Å²) in [4.78, 5) is 33.4. The number of carbonyl (C=O) groups is 2. The van der Waals surface area contributed by atoms with Crippen molar-refractivity contribution in [3.63, 3.8) is 0 Å². The van der Waals surface area contributed by atoms with Gasteiger partial charge in [0, 0.05) is 42.7 Å². The standard InChI is InChI=1S/C22H17N5O4S/c28-20-10-11-21(29)27(20)17-6-8-18(9-7-17)32(30,31)25-16-4-2-15(3-5-16)19-14-26-13-1-12-23-22(26)24-19/h1-9,12-14,25H,10-11H2. The van der Waals surface area contributed by atoms with E-state index in [-0.39, 0.29) is 29.6 Å². The highest BCUT2D eigenvalue weighted by atomic mass is 32.2. The topological polar surface area (TPSA) is 114 Å². The van der Waals surface area contributed by atoms with Gasteiger partial charge in [0.2, 0.25) is 17.6 Å². The number of fused-ring (bicyclic) bond motifs is 1. The zero-order valence-corrected chi connectivity index (χ0v) is 17.5. The predicted molar refractivity (Wildman–Crippen MR) is 117 cm³/mol. The molecule has 1 aliphatic rings. The van der Waals surface area contributed by atoms with Crippen LogP contribution < -0.4 is 9.62 Å². The Hall–Kier alpha value is -4.05. The molecule has 4 aromatic rings. The van der Waals surface area contributed by atoms with Gasteiger partial charge < -0.3 is 0 Å². The number of imidazole rings is 1. The number of aromatic nitrogens is 3. The molecule has 3 heterocycles. The minimum Gasteiger partial charge on any atom is -0.291 e. The highest BCUT2D eigenvalue weighted by Crippen LogP contribution is 2.26. The van der Waals surface area contributed by atoms with Crippen molar-refractivity contribution in [3.8, 4) is 11.3 Å². The van der Waals surface area contributed by atoms with Crippen LogP contribution in [0.15, 0.2) is 78.1 Å². The van der Waals surface area contributed by atoms with Gasteiger partial charge >= 0.3 is 0 Å². The van der Waals surface area contributed by atoms with Crippen LogP contribution in [0.25, 0.3) is 17.0 Å². The van der Waals surface area contributed by atoms with E-state index in [0.29, 0.717) is 17.2 Å². The van der Waals surface area contributed by atoms with Crippen molar-refractivity contribution < 1.29 is 18.0 Å². The predicted octanol–water partition coefficient (Wildman–Crippen LogP) is 2.85. The normalized spacial score (nSPS) is 14.3. The number of anilines is 2. The molecule has 1 N–H and O–H groups in total.